The highest BCUT2D eigenvalue weighted by Crippen LogP contribution is 2.37. The van der Waals surface area contributed by atoms with Crippen LogP contribution in [-0.2, 0) is 4.79 Å². The number of hydrogen-bond donors (Lipinski definition) is 1. The Morgan fingerprint density at radius 3 is 2.50 bits per heavy atom. The molecule has 2 aliphatic heterocycles. The first kappa shape index (κ1) is 20.3. The van der Waals surface area contributed by atoms with Gasteiger partial charge in [-0.2, -0.15) is 0 Å². The van der Waals surface area contributed by atoms with Crippen LogP contribution >= 0.6 is 0 Å². The van der Waals surface area contributed by atoms with E-state index < -0.39 is 0 Å². The van der Waals surface area contributed by atoms with E-state index in [1.165, 1.54) is 0 Å². The topological polar surface area (TPSA) is 69.3 Å². The lowest BCUT2D eigenvalue weighted by Crippen LogP contribution is -2.33. The van der Waals surface area contributed by atoms with Gasteiger partial charge >= 0.3 is 0 Å². The van der Waals surface area contributed by atoms with Crippen LogP contribution in [0.4, 0.5) is 5.69 Å². The van der Waals surface area contributed by atoms with Crippen LogP contribution in [-0.4, -0.2) is 51.3 Å². The molecule has 160 valence electrons. The third-order valence-electron chi connectivity index (χ3n) is 5.50. The third kappa shape index (κ3) is 4.62. The van der Waals surface area contributed by atoms with Gasteiger partial charge in [-0.3, -0.25) is 9.69 Å². The third-order valence-corrected chi connectivity index (χ3v) is 5.50. The maximum atomic E-state index is 12.7. The van der Waals surface area contributed by atoms with Crippen LogP contribution in [0.15, 0.2) is 36.4 Å². The van der Waals surface area contributed by atoms with Crippen LogP contribution in [0.3, 0.4) is 0 Å². The standard InChI is InChI=1S/C23H28N2O5/c1-27-18-12-17(13-19(14-18)28-2)24-23(26)15-25-8-3-5-20(25)16-6-7-21-22(11-16)30-10-4-9-29-21/h6-7,11-14,20H,3-5,8-10,15H2,1-2H3,(H,24,26)/t20-/m0/s1. The molecule has 0 spiro atoms. The van der Waals surface area contributed by atoms with Crippen LogP contribution in [0.1, 0.15) is 30.9 Å². The van der Waals surface area contributed by atoms with Gasteiger partial charge in [0.25, 0.3) is 0 Å². The van der Waals surface area contributed by atoms with Crippen molar-refractivity contribution in [3.05, 3.63) is 42.0 Å². The molecule has 0 bridgehead atoms. The molecule has 1 fully saturated rings. The Balaban J connectivity index is 1.44. The van der Waals surface area contributed by atoms with Crippen molar-refractivity contribution in [1.82, 2.24) is 4.90 Å². The first-order valence-electron chi connectivity index (χ1n) is 10.3. The molecule has 2 aromatic rings. The predicted octanol–water partition coefficient (Wildman–Crippen LogP) is 3.64. The van der Waals surface area contributed by atoms with Crippen LogP contribution in [0, 0.1) is 0 Å². The molecule has 0 saturated carbocycles. The molecule has 1 N–H and O–H groups in total. The minimum atomic E-state index is -0.0634. The summed E-state index contributed by atoms with van der Waals surface area (Å²) in [6.07, 6.45) is 2.95. The number of benzene rings is 2. The quantitative estimate of drug-likeness (QED) is 0.781. The lowest BCUT2D eigenvalue weighted by atomic mass is 10.0. The Bertz CT molecular complexity index is 879. The average Bonchev–Trinajstić information content (AvgIpc) is 3.08. The number of rotatable bonds is 6. The SMILES string of the molecule is COc1cc(NC(=O)CN2CCC[C@H]2c2ccc3c(c2)OCCCO3)cc(OC)c1. The zero-order valence-electron chi connectivity index (χ0n) is 17.5. The Labute approximate surface area is 176 Å². The summed E-state index contributed by atoms with van der Waals surface area (Å²) >= 11 is 0. The van der Waals surface area contributed by atoms with E-state index in [1.54, 1.807) is 32.4 Å². The molecule has 7 nitrogen and oxygen atoms in total. The van der Waals surface area contributed by atoms with Gasteiger partial charge in [0.1, 0.15) is 11.5 Å². The van der Waals surface area contributed by atoms with E-state index in [2.05, 4.69) is 22.3 Å². The summed E-state index contributed by atoms with van der Waals surface area (Å²) in [4.78, 5) is 15.0. The molecule has 0 radical (unpaired) electrons. The van der Waals surface area contributed by atoms with Gasteiger partial charge in [0.05, 0.1) is 34.0 Å². The Morgan fingerprint density at radius 2 is 1.77 bits per heavy atom. The minimum absolute atomic E-state index is 0.0634. The maximum Gasteiger partial charge on any atom is 0.238 e. The van der Waals surface area contributed by atoms with E-state index in [1.807, 2.05) is 6.07 Å². The highest BCUT2D eigenvalue weighted by atomic mass is 16.5. The number of ether oxygens (including phenoxy) is 4. The van der Waals surface area contributed by atoms with Crippen LogP contribution < -0.4 is 24.3 Å². The number of methoxy groups -OCH3 is 2. The maximum absolute atomic E-state index is 12.7. The lowest BCUT2D eigenvalue weighted by Gasteiger charge is -2.25. The lowest BCUT2D eigenvalue weighted by molar-refractivity contribution is -0.117. The van der Waals surface area contributed by atoms with Gasteiger partial charge < -0.3 is 24.3 Å². The van der Waals surface area contributed by atoms with Crippen LogP contribution in [0.5, 0.6) is 23.0 Å². The van der Waals surface area contributed by atoms with Gasteiger partial charge in [0.15, 0.2) is 11.5 Å². The van der Waals surface area contributed by atoms with Crippen molar-refractivity contribution in [3.8, 4) is 23.0 Å². The van der Waals surface area contributed by atoms with Gasteiger partial charge in [0, 0.05) is 36.3 Å². The summed E-state index contributed by atoms with van der Waals surface area (Å²) < 4.78 is 22.1. The second-order valence-electron chi connectivity index (χ2n) is 7.53. The number of anilines is 1. The monoisotopic (exact) mass is 412 g/mol. The van der Waals surface area contributed by atoms with Crippen molar-refractivity contribution in [2.24, 2.45) is 0 Å². The molecule has 0 aliphatic carbocycles. The summed E-state index contributed by atoms with van der Waals surface area (Å²) in [5.41, 5.74) is 1.81. The Hall–Kier alpha value is -2.93. The fourth-order valence-electron chi connectivity index (χ4n) is 4.04. The molecule has 0 unspecified atom stereocenters. The van der Waals surface area contributed by atoms with Crippen molar-refractivity contribution in [3.63, 3.8) is 0 Å². The zero-order valence-corrected chi connectivity index (χ0v) is 17.5. The van der Waals surface area contributed by atoms with Gasteiger partial charge in [-0.05, 0) is 37.1 Å². The molecule has 2 aliphatic rings. The normalized spacial score (nSPS) is 18.5. The van der Waals surface area contributed by atoms with Crippen LogP contribution in [0.2, 0.25) is 0 Å². The van der Waals surface area contributed by atoms with E-state index in [0.717, 1.165) is 42.9 Å². The van der Waals surface area contributed by atoms with Crippen molar-refractivity contribution in [2.75, 3.05) is 45.8 Å². The number of hydrogen-bond acceptors (Lipinski definition) is 6. The molecule has 1 amide bonds. The van der Waals surface area contributed by atoms with E-state index in [-0.39, 0.29) is 11.9 Å². The number of carbonyl (C=O) groups excluding carboxylic acids is 1. The first-order chi connectivity index (χ1) is 14.7. The molecule has 1 atom stereocenters. The number of carbonyl (C=O) groups is 1. The van der Waals surface area contributed by atoms with Gasteiger partial charge in [-0.15, -0.1) is 0 Å². The van der Waals surface area contributed by atoms with E-state index in [0.29, 0.717) is 36.9 Å². The summed E-state index contributed by atoms with van der Waals surface area (Å²) in [6.45, 7) is 2.54. The van der Waals surface area contributed by atoms with Crippen molar-refractivity contribution in [2.45, 2.75) is 25.3 Å². The second-order valence-corrected chi connectivity index (χ2v) is 7.53. The number of amides is 1. The fraction of sp³-hybridized carbons (Fsp3) is 0.435. The average molecular weight is 412 g/mol. The van der Waals surface area contributed by atoms with Crippen molar-refractivity contribution < 1.29 is 23.7 Å². The van der Waals surface area contributed by atoms with E-state index in [9.17, 15) is 4.79 Å². The summed E-state index contributed by atoms with van der Waals surface area (Å²) in [5, 5.41) is 2.96. The van der Waals surface area contributed by atoms with Crippen molar-refractivity contribution in [1.29, 1.82) is 0 Å². The molecule has 2 aromatic carbocycles. The minimum Gasteiger partial charge on any atom is -0.497 e. The highest BCUT2D eigenvalue weighted by molar-refractivity contribution is 5.92. The number of fused-ring (bicyclic) bond motifs is 1. The molecular weight excluding hydrogens is 384 g/mol. The smallest absolute Gasteiger partial charge is 0.238 e. The number of nitrogens with one attached hydrogen (secondary N) is 1. The second kappa shape index (κ2) is 9.26. The predicted molar refractivity (Wildman–Crippen MR) is 114 cm³/mol. The highest BCUT2D eigenvalue weighted by Gasteiger charge is 2.28. The Morgan fingerprint density at radius 1 is 1.03 bits per heavy atom. The molecule has 4 rings (SSSR count). The summed E-state index contributed by atoms with van der Waals surface area (Å²) in [6, 6.07) is 11.7. The molecule has 0 aromatic heterocycles. The Kier molecular flexibility index (Phi) is 6.28. The van der Waals surface area contributed by atoms with Gasteiger partial charge in [-0.25, -0.2) is 0 Å². The van der Waals surface area contributed by atoms with Crippen molar-refractivity contribution >= 4 is 11.6 Å². The number of likely N-dealkylation sites (tertiary alicyclic amines) is 1. The van der Waals surface area contributed by atoms with Crippen LogP contribution in [0.25, 0.3) is 0 Å². The molecular formula is C23H28N2O5. The van der Waals surface area contributed by atoms with Gasteiger partial charge in [0.2, 0.25) is 5.91 Å². The van der Waals surface area contributed by atoms with E-state index >= 15 is 0 Å². The largest absolute Gasteiger partial charge is 0.497 e. The molecule has 2 heterocycles. The summed E-state index contributed by atoms with van der Waals surface area (Å²) in [7, 11) is 3.18. The molecule has 1 saturated heterocycles. The van der Waals surface area contributed by atoms with E-state index in [4.69, 9.17) is 18.9 Å². The van der Waals surface area contributed by atoms with Gasteiger partial charge in [-0.1, -0.05) is 6.07 Å². The number of nitrogens with zero attached hydrogens (tertiary/aromatic N) is 1. The molecule has 7 heteroatoms. The fourth-order valence-corrected chi connectivity index (χ4v) is 4.04. The first-order valence-corrected chi connectivity index (χ1v) is 10.3. The summed E-state index contributed by atoms with van der Waals surface area (Å²) in [5.74, 6) is 2.80. The zero-order chi connectivity index (χ0) is 20.9. The molecule has 30 heavy (non-hydrogen) atoms.